The Labute approximate surface area is 161 Å². The summed E-state index contributed by atoms with van der Waals surface area (Å²) in [5.41, 5.74) is 1.42. The Balaban J connectivity index is 1.84. The lowest BCUT2D eigenvalue weighted by atomic mass is 9.90. The Kier molecular flexibility index (Phi) is 7.72. The summed E-state index contributed by atoms with van der Waals surface area (Å²) in [5.74, 6) is 0.695. The molecule has 3 nitrogen and oxygen atoms in total. The highest BCUT2D eigenvalue weighted by atomic mass is 28.4. The number of unbranched alkanes of at least 4 members (excludes halogenated alkanes) is 4. The molecule has 0 aromatic rings. The van der Waals surface area contributed by atoms with Crippen LogP contribution < -0.4 is 0 Å². The van der Waals surface area contributed by atoms with Crippen molar-refractivity contribution in [2.24, 2.45) is 11.8 Å². The lowest BCUT2D eigenvalue weighted by Gasteiger charge is -2.38. The van der Waals surface area contributed by atoms with Crippen LogP contribution in [0.15, 0.2) is 23.8 Å². The Bertz CT molecular complexity index is 504. The van der Waals surface area contributed by atoms with Gasteiger partial charge < -0.3 is 14.6 Å². The van der Waals surface area contributed by atoms with Gasteiger partial charge in [-0.05, 0) is 56.2 Å². The summed E-state index contributed by atoms with van der Waals surface area (Å²) in [4.78, 5) is 0. The van der Waals surface area contributed by atoms with Crippen LogP contribution >= 0.6 is 0 Å². The Morgan fingerprint density at radius 1 is 1.19 bits per heavy atom. The monoisotopic (exact) mass is 380 g/mol. The van der Waals surface area contributed by atoms with Gasteiger partial charge in [-0.3, -0.25) is 0 Å². The van der Waals surface area contributed by atoms with Gasteiger partial charge in [-0.15, -0.1) is 0 Å². The third kappa shape index (κ3) is 5.54. The van der Waals surface area contributed by atoms with Crippen LogP contribution in [0.3, 0.4) is 0 Å². The molecular weight excluding hydrogens is 340 g/mol. The van der Waals surface area contributed by atoms with Gasteiger partial charge in [-0.25, -0.2) is 0 Å². The van der Waals surface area contributed by atoms with Crippen molar-refractivity contribution in [2.45, 2.75) is 96.1 Å². The predicted molar refractivity (Wildman–Crippen MR) is 112 cm³/mol. The zero-order valence-corrected chi connectivity index (χ0v) is 18.5. The summed E-state index contributed by atoms with van der Waals surface area (Å²) in [6.45, 7) is 11.9. The summed E-state index contributed by atoms with van der Waals surface area (Å²) in [6, 6.07) is 0. The molecule has 2 aliphatic rings. The van der Waals surface area contributed by atoms with E-state index in [2.05, 4.69) is 52.1 Å². The van der Waals surface area contributed by atoms with E-state index in [0.29, 0.717) is 18.6 Å². The van der Waals surface area contributed by atoms with Gasteiger partial charge >= 0.3 is 0 Å². The van der Waals surface area contributed by atoms with Gasteiger partial charge in [0.2, 0.25) is 0 Å². The lowest BCUT2D eigenvalue weighted by molar-refractivity contribution is 0.142. The highest BCUT2D eigenvalue weighted by Crippen LogP contribution is 2.47. The fraction of sp³-hybridized carbons (Fsp3) is 0.818. The van der Waals surface area contributed by atoms with E-state index in [1.54, 1.807) is 0 Å². The fourth-order valence-corrected chi connectivity index (χ4v) is 5.38. The number of hydrogen-bond donors (Lipinski definition) is 2. The third-order valence-corrected chi connectivity index (χ3v) is 11.1. The SMILES string of the molecule is CC(C)(C)[Si](C)(C)O[C@@H]1CC2=C[C@@H](O)[C@H](C=CCCCCCCO)[C@@H]2C1. The van der Waals surface area contributed by atoms with Crippen molar-refractivity contribution in [3.8, 4) is 0 Å². The Morgan fingerprint density at radius 3 is 2.54 bits per heavy atom. The minimum absolute atomic E-state index is 0.232. The average molecular weight is 381 g/mol. The van der Waals surface area contributed by atoms with Crippen LogP contribution in [0, 0.1) is 11.8 Å². The van der Waals surface area contributed by atoms with Crippen LogP contribution in [0.5, 0.6) is 0 Å². The van der Waals surface area contributed by atoms with Crippen LogP contribution in [0.1, 0.15) is 65.7 Å². The predicted octanol–water partition coefficient (Wildman–Crippen LogP) is 5.20. The van der Waals surface area contributed by atoms with Crippen LogP contribution in [-0.2, 0) is 4.43 Å². The molecule has 2 aliphatic carbocycles. The molecule has 4 atom stereocenters. The van der Waals surface area contributed by atoms with E-state index in [9.17, 15) is 5.11 Å². The molecule has 0 aliphatic heterocycles. The Hall–Kier alpha value is -0.423. The van der Waals surface area contributed by atoms with Crippen LogP contribution in [-0.4, -0.2) is 37.3 Å². The highest BCUT2D eigenvalue weighted by molar-refractivity contribution is 6.74. The van der Waals surface area contributed by atoms with Crippen molar-refractivity contribution in [3.63, 3.8) is 0 Å². The maximum atomic E-state index is 10.4. The van der Waals surface area contributed by atoms with Crippen LogP contribution in [0.25, 0.3) is 0 Å². The highest BCUT2D eigenvalue weighted by Gasteiger charge is 2.45. The molecule has 4 heteroatoms. The van der Waals surface area contributed by atoms with E-state index in [4.69, 9.17) is 9.53 Å². The minimum Gasteiger partial charge on any atom is -0.414 e. The van der Waals surface area contributed by atoms with E-state index >= 15 is 0 Å². The number of fused-ring (bicyclic) bond motifs is 1. The number of allylic oxidation sites excluding steroid dienone is 1. The molecule has 0 amide bonds. The molecule has 26 heavy (non-hydrogen) atoms. The molecule has 1 saturated carbocycles. The van der Waals surface area contributed by atoms with E-state index in [1.807, 2.05) is 0 Å². The van der Waals surface area contributed by atoms with Crippen molar-refractivity contribution in [2.75, 3.05) is 6.61 Å². The zero-order valence-electron chi connectivity index (χ0n) is 17.5. The number of hydrogen-bond acceptors (Lipinski definition) is 3. The molecular formula is C22H40O3Si. The van der Waals surface area contributed by atoms with Gasteiger partial charge in [0.25, 0.3) is 0 Å². The molecule has 0 aromatic heterocycles. The first-order valence-corrected chi connectivity index (χ1v) is 13.4. The third-order valence-electron chi connectivity index (χ3n) is 6.60. The van der Waals surface area contributed by atoms with Crippen molar-refractivity contribution in [3.05, 3.63) is 23.8 Å². The molecule has 2 rings (SSSR count). The first-order chi connectivity index (χ1) is 12.2. The Morgan fingerprint density at radius 2 is 1.88 bits per heavy atom. The van der Waals surface area contributed by atoms with Gasteiger partial charge in [0.1, 0.15) is 0 Å². The molecule has 0 unspecified atom stereocenters. The van der Waals surface area contributed by atoms with Crippen molar-refractivity contribution >= 4 is 8.32 Å². The van der Waals surface area contributed by atoms with Crippen molar-refractivity contribution in [1.82, 2.24) is 0 Å². The zero-order chi connectivity index (χ0) is 19.4. The van der Waals surface area contributed by atoms with Gasteiger partial charge in [-0.2, -0.15) is 0 Å². The summed E-state index contributed by atoms with van der Waals surface area (Å²) in [7, 11) is -1.73. The van der Waals surface area contributed by atoms with Gasteiger partial charge in [0.15, 0.2) is 8.32 Å². The van der Waals surface area contributed by atoms with Gasteiger partial charge in [0, 0.05) is 18.6 Å². The summed E-state index contributed by atoms with van der Waals surface area (Å²) in [6.07, 6.45) is 14.1. The molecule has 150 valence electrons. The second kappa shape index (κ2) is 9.18. The van der Waals surface area contributed by atoms with Crippen molar-refractivity contribution < 1.29 is 14.6 Å². The molecule has 0 bridgehead atoms. The molecule has 0 aromatic carbocycles. The molecule has 0 radical (unpaired) electrons. The topological polar surface area (TPSA) is 49.7 Å². The van der Waals surface area contributed by atoms with E-state index in [0.717, 1.165) is 32.1 Å². The second-order valence-corrected chi connectivity index (χ2v) is 14.5. The molecule has 0 saturated heterocycles. The maximum Gasteiger partial charge on any atom is 0.192 e. The maximum absolute atomic E-state index is 10.4. The molecule has 0 heterocycles. The average Bonchev–Trinajstić information content (AvgIpc) is 3.02. The second-order valence-electron chi connectivity index (χ2n) is 9.71. The van der Waals surface area contributed by atoms with Crippen LogP contribution in [0.2, 0.25) is 18.1 Å². The normalized spacial score (nSPS) is 29.4. The number of aliphatic hydroxyl groups excluding tert-OH is 2. The van der Waals surface area contributed by atoms with Crippen LogP contribution in [0.4, 0.5) is 0 Å². The van der Waals surface area contributed by atoms with Gasteiger partial charge in [0.05, 0.1) is 6.10 Å². The van der Waals surface area contributed by atoms with E-state index in [1.165, 1.54) is 18.4 Å². The molecule has 2 N–H and O–H groups in total. The fourth-order valence-electron chi connectivity index (χ4n) is 4.01. The van der Waals surface area contributed by atoms with Crippen molar-refractivity contribution in [1.29, 1.82) is 0 Å². The molecule has 0 spiro atoms. The summed E-state index contributed by atoms with van der Waals surface area (Å²) >= 11 is 0. The summed E-state index contributed by atoms with van der Waals surface area (Å²) in [5, 5.41) is 19.5. The van der Waals surface area contributed by atoms with E-state index in [-0.39, 0.29) is 17.1 Å². The standard InChI is InChI=1S/C22H40O3Si/c1-22(2,3)26(4,5)25-18-14-17-15-21(24)19(20(17)16-18)12-10-8-6-7-9-11-13-23/h10,12,15,18-21,23-24H,6-9,11,13-14,16H2,1-5H3/t18-,19-,20-,21-/m1/s1. The first kappa shape index (κ1) is 21.9. The first-order valence-electron chi connectivity index (χ1n) is 10.5. The lowest BCUT2D eigenvalue weighted by Crippen LogP contribution is -2.43. The quantitative estimate of drug-likeness (QED) is 0.328. The molecule has 1 fully saturated rings. The number of rotatable bonds is 9. The summed E-state index contributed by atoms with van der Waals surface area (Å²) < 4.78 is 6.64. The number of aliphatic hydroxyl groups is 2. The smallest absolute Gasteiger partial charge is 0.192 e. The van der Waals surface area contributed by atoms with E-state index < -0.39 is 8.32 Å². The largest absolute Gasteiger partial charge is 0.414 e. The van der Waals surface area contributed by atoms with Gasteiger partial charge in [-0.1, -0.05) is 57.4 Å². The minimum atomic E-state index is -1.73.